The Kier molecular flexibility index (Phi) is 6.12. The maximum atomic E-state index is 12.2. The molecule has 0 heterocycles. The molecule has 2 rings (SSSR count). The summed E-state index contributed by atoms with van der Waals surface area (Å²) >= 11 is 11.7. The molecule has 23 heavy (non-hydrogen) atoms. The van der Waals surface area contributed by atoms with Crippen molar-refractivity contribution in [2.45, 2.75) is 4.90 Å². The van der Waals surface area contributed by atoms with Crippen molar-refractivity contribution in [2.75, 3.05) is 20.3 Å². The van der Waals surface area contributed by atoms with Crippen LogP contribution in [0.2, 0.25) is 10.0 Å². The molecule has 0 aliphatic heterocycles. The van der Waals surface area contributed by atoms with Crippen LogP contribution in [-0.4, -0.2) is 28.7 Å². The molecule has 1 N–H and O–H groups in total. The highest BCUT2D eigenvalue weighted by Gasteiger charge is 2.15. The summed E-state index contributed by atoms with van der Waals surface area (Å²) in [5, 5.41) is 0.835. The van der Waals surface area contributed by atoms with Gasteiger partial charge in [0, 0.05) is 11.6 Å². The molecule has 5 nitrogen and oxygen atoms in total. The van der Waals surface area contributed by atoms with Gasteiger partial charge >= 0.3 is 0 Å². The van der Waals surface area contributed by atoms with Gasteiger partial charge in [0.1, 0.15) is 18.1 Å². The lowest BCUT2D eigenvalue weighted by molar-refractivity contribution is 0.323. The van der Waals surface area contributed by atoms with Crippen LogP contribution in [0.5, 0.6) is 11.5 Å². The highest BCUT2D eigenvalue weighted by Crippen LogP contribution is 2.26. The Morgan fingerprint density at radius 2 is 1.78 bits per heavy atom. The SMILES string of the molecule is COc1ccc(S(=O)(=O)NCCOc2ccc(Cl)cc2)cc1Cl. The van der Waals surface area contributed by atoms with Crippen LogP contribution in [0.15, 0.2) is 47.4 Å². The summed E-state index contributed by atoms with van der Waals surface area (Å²) < 4.78 is 37.2. The Balaban J connectivity index is 1.91. The molecule has 0 atom stereocenters. The fraction of sp³-hybridized carbons (Fsp3) is 0.200. The van der Waals surface area contributed by atoms with E-state index >= 15 is 0 Å². The summed E-state index contributed by atoms with van der Waals surface area (Å²) in [5.41, 5.74) is 0. The molecule has 0 spiro atoms. The second-order valence-corrected chi connectivity index (χ2v) is 7.11. The Morgan fingerprint density at radius 1 is 1.09 bits per heavy atom. The number of nitrogens with one attached hydrogen (secondary N) is 1. The van der Waals surface area contributed by atoms with Gasteiger partial charge in [-0.3, -0.25) is 0 Å². The number of methoxy groups -OCH3 is 1. The van der Waals surface area contributed by atoms with Gasteiger partial charge in [0.15, 0.2) is 0 Å². The minimum absolute atomic E-state index is 0.0646. The van der Waals surface area contributed by atoms with E-state index in [1.165, 1.54) is 25.3 Å². The third-order valence-corrected chi connectivity index (χ3v) is 4.92. The maximum Gasteiger partial charge on any atom is 0.240 e. The average Bonchev–Trinajstić information content (AvgIpc) is 2.53. The molecule has 0 saturated heterocycles. The number of ether oxygens (including phenoxy) is 2. The summed E-state index contributed by atoms with van der Waals surface area (Å²) in [6.45, 7) is 0.305. The first kappa shape index (κ1) is 17.9. The predicted molar refractivity (Wildman–Crippen MR) is 90.1 cm³/mol. The fourth-order valence-electron chi connectivity index (χ4n) is 1.77. The van der Waals surface area contributed by atoms with Crippen molar-refractivity contribution >= 4 is 33.2 Å². The molecule has 8 heteroatoms. The molecule has 0 saturated carbocycles. The molecule has 0 aromatic heterocycles. The van der Waals surface area contributed by atoms with E-state index in [4.69, 9.17) is 32.7 Å². The summed E-state index contributed by atoms with van der Waals surface area (Å²) in [4.78, 5) is 0.0646. The number of hydrogen-bond donors (Lipinski definition) is 1. The molecule has 2 aromatic carbocycles. The van der Waals surface area contributed by atoms with E-state index in [9.17, 15) is 8.42 Å². The molecular weight excluding hydrogens is 361 g/mol. The lowest BCUT2D eigenvalue weighted by Crippen LogP contribution is -2.28. The second-order valence-electron chi connectivity index (χ2n) is 4.50. The first-order valence-electron chi connectivity index (χ1n) is 6.64. The highest BCUT2D eigenvalue weighted by atomic mass is 35.5. The number of hydrogen-bond acceptors (Lipinski definition) is 4. The van der Waals surface area contributed by atoms with Crippen LogP contribution in [0.4, 0.5) is 0 Å². The van der Waals surface area contributed by atoms with Gasteiger partial charge < -0.3 is 9.47 Å². The van der Waals surface area contributed by atoms with E-state index < -0.39 is 10.0 Å². The van der Waals surface area contributed by atoms with E-state index in [1.54, 1.807) is 24.3 Å². The number of sulfonamides is 1. The van der Waals surface area contributed by atoms with Gasteiger partial charge in [-0.25, -0.2) is 13.1 Å². The van der Waals surface area contributed by atoms with Crippen LogP contribution in [0.1, 0.15) is 0 Å². The van der Waals surface area contributed by atoms with Gasteiger partial charge in [-0.15, -0.1) is 0 Å². The molecule has 0 bridgehead atoms. The second kappa shape index (κ2) is 7.88. The van der Waals surface area contributed by atoms with Crippen LogP contribution in [0, 0.1) is 0 Å². The maximum absolute atomic E-state index is 12.2. The quantitative estimate of drug-likeness (QED) is 0.753. The van der Waals surface area contributed by atoms with Gasteiger partial charge in [0.25, 0.3) is 0 Å². The fourth-order valence-corrected chi connectivity index (χ4v) is 3.26. The van der Waals surface area contributed by atoms with Gasteiger partial charge in [0.2, 0.25) is 10.0 Å². The highest BCUT2D eigenvalue weighted by molar-refractivity contribution is 7.89. The third-order valence-electron chi connectivity index (χ3n) is 2.91. The van der Waals surface area contributed by atoms with Gasteiger partial charge in [-0.05, 0) is 42.5 Å². The molecule has 2 aromatic rings. The molecule has 0 unspecified atom stereocenters. The zero-order valence-corrected chi connectivity index (χ0v) is 14.6. The van der Waals surface area contributed by atoms with Crippen LogP contribution in [0.3, 0.4) is 0 Å². The number of benzene rings is 2. The largest absolute Gasteiger partial charge is 0.495 e. The number of halogens is 2. The van der Waals surface area contributed by atoms with Crippen LogP contribution < -0.4 is 14.2 Å². The molecule has 0 radical (unpaired) electrons. The van der Waals surface area contributed by atoms with Gasteiger partial charge in [0.05, 0.1) is 17.0 Å². The molecule has 0 aliphatic rings. The summed E-state index contributed by atoms with van der Waals surface area (Å²) in [7, 11) is -2.20. The minimum atomic E-state index is -3.66. The van der Waals surface area contributed by atoms with E-state index in [0.717, 1.165) is 0 Å². The summed E-state index contributed by atoms with van der Waals surface area (Å²) in [5.74, 6) is 1.03. The Morgan fingerprint density at radius 3 is 2.39 bits per heavy atom. The van der Waals surface area contributed by atoms with E-state index in [1.807, 2.05) is 0 Å². The van der Waals surface area contributed by atoms with Crippen molar-refractivity contribution < 1.29 is 17.9 Å². The predicted octanol–water partition coefficient (Wildman–Crippen LogP) is 3.36. The smallest absolute Gasteiger partial charge is 0.240 e. The molecule has 0 aliphatic carbocycles. The normalized spacial score (nSPS) is 11.3. The van der Waals surface area contributed by atoms with Crippen molar-refractivity contribution in [2.24, 2.45) is 0 Å². The Labute approximate surface area is 145 Å². The van der Waals surface area contributed by atoms with E-state index in [2.05, 4.69) is 4.72 Å². The Bertz CT molecular complexity index is 764. The summed E-state index contributed by atoms with van der Waals surface area (Å²) in [6.07, 6.45) is 0. The monoisotopic (exact) mass is 375 g/mol. The van der Waals surface area contributed by atoms with E-state index in [-0.39, 0.29) is 23.1 Å². The molecular formula is C15H15Cl2NO4S. The average molecular weight is 376 g/mol. The molecule has 0 fully saturated rings. The topological polar surface area (TPSA) is 64.6 Å². The first-order valence-corrected chi connectivity index (χ1v) is 8.88. The first-order chi connectivity index (χ1) is 10.9. The lowest BCUT2D eigenvalue weighted by Gasteiger charge is -2.10. The van der Waals surface area contributed by atoms with Crippen LogP contribution in [-0.2, 0) is 10.0 Å². The van der Waals surface area contributed by atoms with Crippen LogP contribution in [0.25, 0.3) is 0 Å². The third kappa shape index (κ3) is 5.00. The zero-order chi connectivity index (χ0) is 16.9. The van der Waals surface area contributed by atoms with Gasteiger partial charge in [-0.2, -0.15) is 0 Å². The molecule has 0 amide bonds. The van der Waals surface area contributed by atoms with Crippen LogP contribution >= 0.6 is 23.2 Å². The van der Waals surface area contributed by atoms with Crippen molar-refractivity contribution in [3.8, 4) is 11.5 Å². The summed E-state index contributed by atoms with van der Waals surface area (Å²) in [6, 6.07) is 11.1. The van der Waals surface area contributed by atoms with Crippen molar-refractivity contribution in [3.05, 3.63) is 52.5 Å². The van der Waals surface area contributed by atoms with Crippen molar-refractivity contribution in [1.29, 1.82) is 0 Å². The number of rotatable bonds is 7. The zero-order valence-electron chi connectivity index (χ0n) is 12.3. The Hall–Kier alpha value is -1.47. The van der Waals surface area contributed by atoms with Crippen molar-refractivity contribution in [3.63, 3.8) is 0 Å². The minimum Gasteiger partial charge on any atom is -0.495 e. The lowest BCUT2D eigenvalue weighted by atomic mass is 10.3. The molecule has 124 valence electrons. The van der Waals surface area contributed by atoms with Crippen molar-refractivity contribution in [1.82, 2.24) is 4.72 Å². The standard InChI is InChI=1S/C15H15Cl2NO4S/c1-21-15-7-6-13(10-14(15)17)23(19,20)18-8-9-22-12-4-2-11(16)3-5-12/h2-7,10,18H,8-9H2,1H3. The van der Waals surface area contributed by atoms with Gasteiger partial charge in [-0.1, -0.05) is 23.2 Å². The van der Waals surface area contributed by atoms with E-state index in [0.29, 0.717) is 16.5 Å².